The second kappa shape index (κ2) is 4.63. The number of hydrogen-bond donors (Lipinski definition) is 0. The smallest absolute Gasteiger partial charge is 0.410 e. The Morgan fingerprint density at radius 1 is 1.28 bits per heavy atom. The molecule has 3 nitrogen and oxygen atoms in total. The minimum absolute atomic E-state index is 0.0514. The average molecular weight is 267 g/mol. The highest BCUT2D eigenvalue weighted by atomic mass is 19.4. The van der Waals surface area contributed by atoms with Gasteiger partial charge >= 0.3 is 12.3 Å². The van der Waals surface area contributed by atoms with Gasteiger partial charge in [0.25, 0.3) is 0 Å². The fourth-order valence-corrected chi connectivity index (χ4v) is 1.95. The molecule has 1 saturated heterocycles. The molecule has 0 aromatic rings. The number of likely N-dealkylation sites (tertiary alicyclic amines) is 1. The maximum absolute atomic E-state index is 12.9. The number of piperidine rings is 1. The number of amides is 1. The monoisotopic (exact) mass is 267 g/mol. The van der Waals surface area contributed by atoms with Crippen LogP contribution in [-0.4, -0.2) is 35.9 Å². The number of carbonyl (C=O) groups excluding carboxylic acids is 1. The minimum atomic E-state index is -4.30. The van der Waals surface area contributed by atoms with E-state index in [1.54, 1.807) is 20.8 Å². The first-order chi connectivity index (χ1) is 7.95. The van der Waals surface area contributed by atoms with Gasteiger partial charge in [0.1, 0.15) is 5.60 Å². The van der Waals surface area contributed by atoms with Gasteiger partial charge in [0.15, 0.2) is 0 Å². The lowest BCUT2D eigenvalue weighted by molar-refractivity contribution is -0.230. The van der Waals surface area contributed by atoms with Crippen LogP contribution in [0.25, 0.3) is 0 Å². The normalized spacial score (nSPS) is 26.1. The zero-order valence-corrected chi connectivity index (χ0v) is 11.2. The van der Waals surface area contributed by atoms with E-state index in [9.17, 15) is 18.0 Å². The lowest BCUT2D eigenvalue weighted by atomic mass is 9.81. The van der Waals surface area contributed by atoms with Crippen molar-refractivity contribution >= 4 is 6.09 Å². The number of ether oxygens (including phenoxy) is 1. The first-order valence-corrected chi connectivity index (χ1v) is 5.99. The third kappa shape index (κ3) is 3.53. The van der Waals surface area contributed by atoms with Gasteiger partial charge in [0, 0.05) is 13.1 Å². The molecule has 1 fully saturated rings. The SMILES string of the molecule is CC(C)(C)OC(=O)N1CCCC(C)(C(F)(F)F)C1. The quantitative estimate of drug-likeness (QED) is 0.671. The highest BCUT2D eigenvalue weighted by molar-refractivity contribution is 5.68. The van der Waals surface area contributed by atoms with Crippen molar-refractivity contribution in [1.82, 2.24) is 4.90 Å². The maximum atomic E-state index is 12.9. The fraction of sp³-hybridized carbons (Fsp3) is 0.917. The third-order valence-corrected chi connectivity index (χ3v) is 3.03. The summed E-state index contributed by atoms with van der Waals surface area (Å²) in [5, 5.41) is 0. The molecule has 1 aliphatic heterocycles. The van der Waals surface area contributed by atoms with Crippen molar-refractivity contribution in [3.63, 3.8) is 0 Å². The largest absolute Gasteiger partial charge is 0.444 e. The zero-order chi connectivity index (χ0) is 14.2. The summed E-state index contributed by atoms with van der Waals surface area (Å²) in [5.74, 6) is 0. The van der Waals surface area contributed by atoms with E-state index in [0.717, 1.165) is 11.8 Å². The Morgan fingerprint density at radius 3 is 2.28 bits per heavy atom. The molecule has 0 N–H and O–H groups in total. The van der Waals surface area contributed by atoms with Gasteiger partial charge in [0.2, 0.25) is 0 Å². The average Bonchev–Trinajstić information content (AvgIpc) is 2.13. The fourth-order valence-electron chi connectivity index (χ4n) is 1.95. The summed E-state index contributed by atoms with van der Waals surface area (Å²) in [6.07, 6.45) is -4.57. The van der Waals surface area contributed by atoms with E-state index in [-0.39, 0.29) is 13.0 Å². The summed E-state index contributed by atoms with van der Waals surface area (Å²) in [5.41, 5.74) is -2.52. The van der Waals surface area contributed by atoms with E-state index >= 15 is 0 Å². The topological polar surface area (TPSA) is 29.5 Å². The molecular formula is C12H20F3NO2. The number of rotatable bonds is 0. The zero-order valence-electron chi connectivity index (χ0n) is 11.2. The molecule has 0 bridgehead atoms. The van der Waals surface area contributed by atoms with E-state index in [4.69, 9.17) is 4.74 Å². The van der Waals surface area contributed by atoms with Crippen LogP contribution in [0.1, 0.15) is 40.5 Å². The van der Waals surface area contributed by atoms with Crippen molar-refractivity contribution < 1.29 is 22.7 Å². The lowest BCUT2D eigenvalue weighted by Gasteiger charge is -2.41. The Morgan fingerprint density at radius 2 is 1.83 bits per heavy atom. The van der Waals surface area contributed by atoms with Crippen molar-refractivity contribution in [1.29, 1.82) is 0 Å². The van der Waals surface area contributed by atoms with E-state index in [1.165, 1.54) is 0 Å². The summed E-state index contributed by atoms with van der Waals surface area (Å²) in [6.45, 7) is 6.23. The third-order valence-electron chi connectivity index (χ3n) is 3.03. The number of carbonyl (C=O) groups is 1. The van der Waals surface area contributed by atoms with Crippen LogP contribution in [0, 0.1) is 5.41 Å². The molecular weight excluding hydrogens is 247 g/mol. The second-order valence-corrected chi connectivity index (χ2v) is 6.06. The second-order valence-electron chi connectivity index (χ2n) is 6.06. The number of nitrogens with zero attached hydrogens (tertiary/aromatic N) is 1. The molecule has 0 aromatic heterocycles. The molecule has 1 amide bonds. The molecule has 1 atom stereocenters. The Bertz CT molecular complexity index is 322. The van der Waals surface area contributed by atoms with Gasteiger partial charge in [-0.15, -0.1) is 0 Å². The van der Waals surface area contributed by atoms with Crippen LogP contribution in [0.15, 0.2) is 0 Å². The van der Waals surface area contributed by atoms with Crippen LogP contribution in [0.3, 0.4) is 0 Å². The van der Waals surface area contributed by atoms with Gasteiger partial charge in [-0.05, 0) is 40.5 Å². The van der Waals surface area contributed by atoms with Gasteiger partial charge in [-0.1, -0.05) is 0 Å². The number of halogens is 3. The summed E-state index contributed by atoms with van der Waals surface area (Å²) in [6, 6.07) is 0. The Labute approximate surface area is 105 Å². The van der Waals surface area contributed by atoms with Crippen molar-refractivity contribution in [3.8, 4) is 0 Å². The van der Waals surface area contributed by atoms with Gasteiger partial charge in [0.05, 0.1) is 5.41 Å². The Balaban J connectivity index is 2.73. The van der Waals surface area contributed by atoms with Crippen LogP contribution in [-0.2, 0) is 4.74 Å². The summed E-state index contributed by atoms with van der Waals surface area (Å²) < 4.78 is 43.9. The van der Waals surface area contributed by atoms with Gasteiger partial charge in [-0.2, -0.15) is 13.2 Å². The highest BCUT2D eigenvalue weighted by Gasteiger charge is 2.53. The van der Waals surface area contributed by atoms with E-state index in [1.807, 2.05) is 0 Å². The molecule has 0 aromatic carbocycles. The van der Waals surface area contributed by atoms with Crippen LogP contribution in [0.2, 0.25) is 0 Å². The number of alkyl halides is 3. The molecule has 106 valence electrons. The first-order valence-electron chi connectivity index (χ1n) is 5.99. The Kier molecular flexibility index (Phi) is 3.89. The van der Waals surface area contributed by atoms with Gasteiger partial charge in [-0.3, -0.25) is 0 Å². The molecule has 0 saturated carbocycles. The molecule has 0 radical (unpaired) electrons. The Hall–Kier alpha value is -0.940. The van der Waals surface area contributed by atoms with Crippen molar-refractivity contribution in [3.05, 3.63) is 0 Å². The molecule has 1 rings (SSSR count). The standard InChI is InChI=1S/C12H20F3NO2/c1-10(2,3)18-9(17)16-7-5-6-11(4,8-16)12(13,14)15/h5-8H2,1-4H3. The van der Waals surface area contributed by atoms with Crippen LogP contribution < -0.4 is 0 Å². The lowest BCUT2D eigenvalue weighted by Crippen LogP contribution is -2.52. The van der Waals surface area contributed by atoms with Crippen molar-refractivity contribution in [2.45, 2.75) is 52.3 Å². The van der Waals surface area contributed by atoms with Crippen LogP contribution >= 0.6 is 0 Å². The van der Waals surface area contributed by atoms with Crippen LogP contribution in [0.5, 0.6) is 0 Å². The predicted molar refractivity (Wildman–Crippen MR) is 61.2 cm³/mol. The molecule has 1 unspecified atom stereocenters. The van der Waals surface area contributed by atoms with E-state index < -0.39 is 23.3 Å². The van der Waals surface area contributed by atoms with Gasteiger partial charge < -0.3 is 9.64 Å². The maximum Gasteiger partial charge on any atom is 0.410 e. The van der Waals surface area contributed by atoms with Gasteiger partial charge in [-0.25, -0.2) is 4.79 Å². The summed E-state index contributed by atoms with van der Waals surface area (Å²) in [7, 11) is 0. The first kappa shape index (κ1) is 15.1. The molecule has 0 aliphatic carbocycles. The summed E-state index contributed by atoms with van der Waals surface area (Å²) >= 11 is 0. The molecule has 1 heterocycles. The molecule has 6 heteroatoms. The highest BCUT2D eigenvalue weighted by Crippen LogP contribution is 2.44. The minimum Gasteiger partial charge on any atom is -0.444 e. The number of hydrogen-bond acceptors (Lipinski definition) is 2. The molecule has 0 spiro atoms. The van der Waals surface area contributed by atoms with E-state index in [0.29, 0.717) is 13.0 Å². The predicted octanol–water partition coefficient (Wildman–Crippen LogP) is 3.59. The summed E-state index contributed by atoms with van der Waals surface area (Å²) in [4.78, 5) is 12.9. The van der Waals surface area contributed by atoms with Crippen molar-refractivity contribution in [2.75, 3.05) is 13.1 Å². The van der Waals surface area contributed by atoms with Crippen molar-refractivity contribution in [2.24, 2.45) is 5.41 Å². The van der Waals surface area contributed by atoms with E-state index in [2.05, 4.69) is 0 Å². The molecule has 18 heavy (non-hydrogen) atoms. The van der Waals surface area contributed by atoms with Crippen LogP contribution in [0.4, 0.5) is 18.0 Å². The molecule has 1 aliphatic rings.